The second-order valence-electron chi connectivity index (χ2n) is 7.60. The molecule has 0 saturated carbocycles. The van der Waals surface area contributed by atoms with Crippen LogP contribution in [0.1, 0.15) is 32.0 Å². The normalized spacial score (nSPS) is 13.7. The van der Waals surface area contributed by atoms with E-state index < -0.39 is 19.1 Å². The van der Waals surface area contributed by atoms with Gasteiger partial charge >= 0.3 is 0 Å². The molecule has 1 atom stereocenters. The first-order valence-corrected chi connectivity index (χ1v) is 12.4. The molecule has 124 valence electrons. The van der Waals surface area contributed by atoms with Gasteiger partial charge in [0.05, 0.1) is 39.8 Å². The van der Waals surface area contributed by atoms with Crippen molar-refractivity contribution >= 4 is 24.6 Å². The molecule has 2 heterocycles. The molecule has 23 heavy (non-hydrogen) atoms. The first-order chi connectivity index (χ1) is 10.6. The number of nitrogens with one attached hydrogen (secondary N) is 1. The van der Waals surface area contributed by atoms with Gasteiger partial charge in [0.25, 0.3) is 0 Å². The second-order valence-corrected chi connectivity index (χ2v) is 14.4. The lowest BCUT2D eigenvalue weighted by molar-refractivity contribution is 0.634. The van der Waals surface area contributed by atoms with E-state index in [2.05, 4.69) is 46.9 Å². The molecule has 0 fully saturated rings. The van der Waals surface area contributed by atoms with Crippen molar-refractivity contribution in [2.75, 3.05) is 0 Å². The molecule has 0 spiro atoms. The zero-order valence-corrected chi connectivity index (χ0v) is 16.5. The molecule has 2 aromatic rings. The highest BCUT2D eigenvalue weighted by molar-refractivity contribution is 7.84. The maximum Gasteiger partial charge on any atom is 0.129 e. The summed E-state index contributed by atoms with van der Waals surface area (Å²) in [6.45, 7) is 13.0. The summed E-state index contributed by atoms with van der Waals surface area (Å²) in [5.74, 6) is 3.27. The molecule has 0 saturated heterocycles. The van der Waals surface area contributed by atoms with E-state index in [0.29, 0.717) is 6.54 Å². The minimum atomic E-state index is -1.39. The standard InChI is InChI=1S/C17H25N3OSSi/c1-17(2,3)22(21)19-12-15-16-11-14(8-10-23(4,5)6)7-9-20(16)13-18-15/h7,9,11,13,19H,12H2,1-6H3. The summed E-state index contributed by atoms with van der Waals surface area (Å²) >= 11 is 0. The third kappa shape index (κ3) is 5.03. The SMILES string of the molecule is CC(C)(C)S(=O)NCc1ncn2ccc(C#C[Si](C)(C)C)cc12. The Hall–Kier alpha value is -1.42. The van der Waals surface area contributed by atoms with E-state index in [4.69, 9.17) is 0 Å². The van der Waals surface area contributed by atoms with Gasteiger partial charge in [-0.25, -0.2) is 13.9 Å². The van der Waals surface area contributed by atoms with Crippen molar-refractivity contribution in [3.8, 4) is 11.5 Å². The van der Waals surface area contributed by atoms with Gasteiger partial charge in [0.2, 0.25) is 0 Å². The van der Waals surface area contributed by atoms with Crippen molar-refractivity contribution in [1.29, 1.82) is 0 Å². The summed E-state index contributed by atoms with van der Waals surface area (Å²) in [4.78, 5) is 4.43. The van der Waals surface area contributed by atoms with Gasteiger partial charge in [-0.1, -0.05) is 25.6 Å². The van der Waals surface area contributed by atoms with Gasteiger partial charge in [0.15, 0.2) is 0 Å². The number of rotatable bonds is 3. The van der Waals surface area contributed by atoms with Crippen molar-refractivity contribution in [3.05, 3.63) is 35.9 Å². The number of imidazole rings is 1. The average molecular weight is 348 g/mol. The first-order valence-electron chi connectivity index (χ1n) is 7.70. The highest BCUT2D eigenvalue weighted by Gasteiger charge is 2.19. The van der Waals surface area contributed by atoms with Gasteiger partial charge in [-0.2, -0.15) is 0 Å². The molecule has 0 bridgehead atoms. The molecule has 0 amide bonds. The molecule has 0 aliphatic heterocycles. The van der Waals surface area contributed by atoms with E-state index in [1.165, 1.54) is 0 Å². The largest absolute Gasteiger partial charge is 0.306 e. The summed E-state index contributed by atoms with van der Waals surface area (Å²) in [5.41, 5.74) is 6.27. The Morgan fingerprint density at radius 2 is 2.04 bits per heavy atom. The van der Waals surface area contributed by atoms with Crippen LogP contribution in [0.15, 0.2) is 24.7 Å². The number of hydrogen-bond donors (Lipinski definition) is 1. The fraction of sp³-hybridized carbons (Fsp3) is 0.471. The van der Waals surface area contributed by atoms with Crippen LogP contribution in [0.4, 0.5) is 0 Å². The summed E-state index contributed by atoms with van der Waals surface area (Å²) in [5, 5.41) is 0. The lowest BCUT2D eigenvalue weighted by Crippen LogP contribution is -2.33. The van der Waals surface area contributed by atoms with E-state index in [1.807, 2.05) is 37.4 Å². The Morgan fingerprint density at radius 1 is 1.35 bits per heavy atom. The Balaban J connectivity index is 2.25. The van der Waals surface area contributed by atoms with Crippen molar-refractivity contribution in [2.24, 2.45) is 0 Å². The molecular formula is C17H25N3OSSi. The lowest BCUT2D eigenvalue weighted by atomic mass is 10.2. The zero-order valence-electron chi connectivity index (χ0n) is 14.7. The number of pyridine rings is 1. The van der Waals surface area contributed by atoms with E-state index in [1.54, 1.807) is 6.33 Å². The second kappa shape index (κ2) is 6.60. The van der Waals surface area contributed by atoms with E-state index in [0.717, 1.165) is 16.8 Å². The van der Waals surface area contributed by atoms with E-state index in [9.17, 15) is 4.21 Å². The van der Waals surface area contributed by atoms with Crippen molar-refractivity contribution < 1.29 is 4.21 Å². The predicted molar refractivity (Wildman–Crippen MR) is 100 cm³/mol. The van der Waals surface area contributed by atoms with Gasteiger partial charge in [-0.3, -0.25) is 0 Å². The molecule has 1 N–H and O–H groups in total. The molecule has 0 aliphatic rings. The quantitative estimate of drug-likeness (QED) is 0.685. The maximum absolute atomic E-state index is 12.1. The van der Waals surface area contributed by atoms with Gasteiger partial charge in [-0.15, -0.1) is 5.54 Å². The Bertz CT molecular complexity index is 788. The molecule has 2 aromatic heterocycles. The van der Waals surface area contributed by atoms with Gasteiger partial charge < -0.3 is 4.40 Å². The van der Waals surface area contributed by atoms with Gasteiger partial charge in [0.1, 0.15) is 8.07 Å². The third-order valence-electron chi connectivity index (χ3n) is 3.13. The molecule has 2 rings (SSSR count). The number of hydrogen-bond acceptors (Lipinski definition) is 2. The summed E-state index contributed by atoms with van der Waals surface area (Å²) in [6, 6.07) is 4.06. The van der Waals surface area contributed by atoms with Crippen molar-refractivity contribution in [3.63, 3.8) is 0 Å². The summed E-state index contributed by atoms with van der Waals surface area (Å²) < 4.78 is 16.9. The fourth-order valence-electron chi connectivity index (χ4n) is 1.87. The monoisotopic (exact) mass is 347 g/mol. The van der Waals surface area contributed by atoms with Crippen molar-refractivity contribution in [1.82, 2.24) is 14.1 Å². The summed E-state index contributed by atoms with van der Waals surface area (Å²) in [7, 11) is -2.50. The molecular weight excluding hydrogens is 322 g/mol. The maximum atomic E-state index is 12.1. The first kappa shape index (κ1) is 17.9. The van der Waals surface area contributed by atoms with Crippen LogP contribution in [0.3, 0.4) is 0 Å². The highest BCUT2D eigenvalue weighted by atomic mass is 32.2. The molecule has 6 heteroatoms. The zero-order chi connectivity index (χ0) is 17.3. The highest BCUT2D eigenvalue weighted by Crippen LogP contribution is 2.14. The van der Waals surface area contributed by atoms with Crippen LogP contribution >= 0.6 is 0 Å². The molecule has 0 radical (unpaired) electrons. The van der Waals surface area contributed by atoms with Crippen LogP contribution in [0.2, 0.25) is 19.6 Å². The van der Waals surface area contributed by atoms with E-state index in [-0.39, 0.29) is 4.75 Å². The Labute approximate surface area is 142 Å². The smallest absolute Gasteiger partial charge is 0.129 e. The van der Waals surface area contributed by atoms with Crippen LogP contribution in [-0.2, 0) is 17.5 Å². The molecule has 4 nitrogen and oxygen atoms in total. The van der Waals surface area contributed by atoms with Crippen LogP contribution in [0.25, 0.3) is 5.52 Å². The third-order valence-corrected chi connectivity index (χ3v) is 5.52. The van der Waals surface area contributed by atoms with Crippen LogP contribution in [-0.4, -0.2) is 26.4 Å². The van der Waals surface area contributed by atoms with E-state index >= 15 is 0 Å². The average Bonchev–Trinajstić information content (AvgIpc) is 2.83. The van der Waals surface area contributed by atoms with Crippen LogP contribution < -0.4 is 4.72 Å². The minimum absolute atomic E-state index is 0.288. The fourth-order valence-corrected chi connectivity index (χ4v) is 3.09. The molecule has 1 unspecified atom stereocenters. The number of nitrogens with zero attached hydrogens (tertiary/aromatic N) is 2. The molecule has 0 aliphatic carbocycles. The van der Waals surface area contributed by atoms with Crippen molar-refractivity contribution in [2.45, 2.75) is 51.7 Å². The Kier molecular flexibility index (Phi) is 5.14. The molecule has 0 aromatic carbocycles. The van der Waals surface area contributed by atoms with Crippen LogP contribution in [0.5, 0.6) is 0 Å². The Morgan fingerprint density at radius 3 is 2.65 bits per heavy atom. The minimum Gasteiger partial charge on any atom is -0.306 e. The number of fused-ring (bicyclic) bond motifs is 1. The van der Waals surface area contributed by atoms with Crippen LogP contribution in [0, 0.1) is 11.5 Å². The lowest BCUT2D eigenvalue weighted by Gasteiger charge is -2.17. The number of aromatic nitrogens is 2. The van der Waals surface area contributed by atoms with Gasteiger partial charge in [-0.05, 0) is 32.9 Å². The summed E-state index contributed by atoms with van der Waals surface area (Å²) in [6.07, 6.45) is 3.75. The topological polar surface area (TPSA) is 46.4 Å². The predicted octanol–water partition coefficient (Wildman–Crippen LogP) is 3.12. The van der Waals surface area contributed by atoms with Gasteiger partial charge in [0, 0.05) is 11.8 Å².